The number of morpholine rings is 1. The van der Waals surface area contributed by atoms with Crippen molar-refractivity contribution in [2.75, 3.05) is 26.2 Å². The van der Waals surface area contributed by atoms with Gasteiger partial charge in [0.2, 0.25) is 0 Å². The van der Waals surface area contributed by atoms with E-state index in [0.717, 1.165) is 0 Å². The summed E-state index contributed by atoms with van der Waals surface area (Å²) in [5.74, 6) is -0.124. The number of rotatable bonds is 1. The van der Waals surface area contributed by atoms with E-state index in [0.29, 0.717) is 49.7 Å². The highest BCUT2D eigenvalue weighted by Crippen LogP contribution is 2.33. The summed E-state index contributed by atoms with van der Waals surface area (Å²) in [6.07, 6.45) is 2.42. The lowest BCUT2D eigenvalue weighted by Gasteiger charge is -2.49. The second kappa shape index (κ2) is 7.87. The maximum absolute atomic E-state index is 12.9. The lowest BCUT2D eigenvalue weighted by molar-refractivity contribution is -0.160. The maximum Gasteiger partial charge on any atom is 0.410 e. The molecule has 2 saturated heterocycles. The number of likely N-dealkylation sites (tertiary alicyclic amines) is 1. The number of hydrogen-bond acceptors (Lipinski definition) is 5. The summed E-state index contributed by atoms with van der Waals surface area (Å²) in [5.41, 5.74) is -0.588. The molecule has 1 aromatic heterocycles. The van der Waals surface area contributed by atoms with Crippen molar-refractivity contribution < 1.29 is 19.1 Å². The summed E-state index contributed by atoms with van der Waals surface area (Å²) in [6, 6.07) is 3.31. The van der Waals surface area contributed by atoms with Gasteiger partial charge in [-0.05, 0) is 52.7 Å². The van der Waals surface area contributed by atoms with Gasteiger partial charge in [-0.25, -0.2) is 9.78 Å². The van der Waals surface area contributed by atoms with Crippen molar-refractivity contribution in [3.63, 3.8) is 0 Å². The first-order chi connectivity index (χ1) is 13.1. The highest BCUT2D eigenvalue weighted by atomic mass is 35.5. The van der Waals surface area contributed by atoms with E-state index in [9.17, 15) is 9.59 Å². The Labute approximate surface area is 170 Å². The van der Waals surface area contributed by atoms with Gasteiger partial charge >= 0.3 is 6.09 Å². The smallest absolute Gasteiger partial charge is 0.410 e. The first-order valence-corrected chi connectivity index (χ1v) is 10.0. The number of hydrogen-bond donors (Lipinski definition) is 0. The highest BCUT2D eigenvalue weighted by molar-refractivity contribution is 6.30. The molecule has 154 valence electrons. The number of carbonyl (C=O) groups is 2. The lowest BCUT2D eigenvalue weighted by Crippen LogP contribution is -2.60. The minimum atomic E-state index is -0.517. The van der Waals surface area contributed by atoms with E-state index in [1.807, 2.05) is 27.7 Å². The van der Waals surface area contributed by atoms with Crippen molar-refractivity contribution in [1.82, 2.24) is 14.8 Å². The molecule has 8 heteroatoms. The zero-order chi connectivity index (χ0) is 20.5. The fourth-order valence-electron chi connectivity index (χ4n) is 3.74. The molecule has 2 aliphatic heterocycles. The average molecular weight is 410 g/mol. The third-order valence-electron chi connectivity index (χ3n) is 4.97. The number of piperidine rings is 1. The van der Waals surface area contributed by atoms with E-state index in [1.54, 1.807) is 21.9 Å². The van der Waals surface area contributed by atoms with Crippen LogP contribution in [0.1, 0.15) is 51.0 Å². The standard InChI is InChI=1S/C20H28ClN3O4/c1-14-12-24(17(25)16-6-5-15(21)11-22-16)13-20(27-14)7-9-23(10-8-20)18(26)28-19(2,3)4/h5-6,11,14H,7-10,12-13H2,1-4H3. The van der Waals surface area contributed by atoms with Gasteiger partial charge in [-0.2, -0.15) is 0 Å². The minimum Gasteiger partial charge on any atom is -0.444 e. The molecule has 28 heavy (non-hydrogen) atoms. The number of halogens is 1. The van der Waals surface area contributed by atoms with Gasteiger partial charge in [0.05, 0.1) is 23.3 Å². The fraction of sp³-hybridized carbons (Fsp3) is 0.650. The number of ether oxygens (including phenoxy) is 2. The van der Waals surface area contributed by atoms with Crippen LogP contribution in [-0.4, -0.2) is 70.3 Å². The van der Waals surface area contributed by atoms with E-state index < -0.39 is 11.2 Å². The quantitative estimate of drug-likeness (QED) is 0.711. The Balaban J connectivity index is 1.65. The Bertz CT molecular complexity index is 724. The minimum absolute atomic E-state index is 0.0851. The van der Waals surface area contributed by atoms with E-state index in [1.165, 1.54) is 6.20 Å². The van der Waals surface area contributed by atoms with E-state index in [-0.39, 0.29) is 18.1 Å². The number of pyridine rings is 1. The molecule has 0 N–H and O–H groups in total. The summed E-state index contributed by atoms with van der Waals surface area (Å²) in [5, 5.41) is 0.498. The van der Waals surface area contributed by atoms with Crippen LogP contribution in [0.3, 0.4) is 0 Å². The summed E-state index contributed by atoms with van der Waals surface area (Å²) < 4.78 is 11.7. The van der Waals surface area contributed by atoms with Crippen molar-refractivity contribution in [3.05, 3.63) is 29.0 Å². The van der Waals surface area contributed by atoms with E-state index in [4.69, 9.17) is 21.1 Å². The van der Waals surface area contributed by atoms with Crippen LogP contribution in [0.4, 0.5) is 4.79 Å². The predicted molar refractivity (Wildman–Crippen MR) is 105 cm³/mol. The molecule has 0 aromatic carbocycles. The van der Waals surface area contributed by atoms with Crippen LogP contribution in [0.2, 0.25) is 5.02 Å². The number of aromatic nitrogens is 1. The third kappa shape index (κ3) is 4.94. The molecule has 1 aromatic rings. The molecule has 0 bridgehead atoms. The molecule has 1 unspecified atom stereocenters. The van der Waals surface area contributed by atoms with Crippen LogP contribution < -0.4 is 0 Å². The zero-order valence-electron chi connectivity index (χ0n) is 16.9. The molecule has 0 radical (unpaired) electrons. The largest absolute Gasteiger partial charge is 0.444 e. The van der Waals surface area contributed by atoms with Gasteiger partial charge in [-0.3, -0.25) is 4.79 Å². The summed E-state index contributed by atoms with van der Waals surface area (Å²) in [4.78, 5) is 32.9. The van der Waals surface area contributed by atoms with E-state index >= 15 is 0 Å². The normalized spacial score (nSPS) is 22.2. The molecular weight excluding hydrogens is 382 g/mol. The number of nitrogens with zero attached hydrogens (tertiary/aromatic N) is 3. The molecule has 1 spiro atoms. The first-order valence-electron chi connectivity index (χ1n) is 9.63. The van der Waals surface area contributed by atoms with Gasteiger partial charge < -0.3 is 19.3 Å². The summed E-state index contributed by atoms with van der Waals surface area (Å²) >= 11 is 5.87. The first kappa shape index (κ1) is 20.9. The SMILES string of the molecule is CC1CN(C(=O)c2ccc(Cl)cn2)CC2(CCN(C(=O)OC(C)(C)C)CC2)O1. The van der Waals surface area contributed by atoms with Crippen molar-refractivity contribution in [2.45, 2.75) is 57.8 Å². The summed E-state index contributed by atoms with van der Waals surface area (Å²) in [7, 11) is 0. The second-order valence-corrected chi connectivity index (χ2v) is 9.06. The molecule has 3 heterocycles. The number of amides is 2. The molecule has 2 aliphatic rings. The molecule has 3 rings (SSSR count). The lowest BCUT2D eigenvalue weighted by atomic mass is 9.88. The van der Waals surface area contributed by atoms with Crippen LogP contribution in [0.5, 0.6) is 0 Å². The van der Waals surface area contributed by atoms with Crippen LogP contribution in [-0.2, 0) is 9.47 Å². The molecule has 0 aliphatic carbocycles. The van der Waals surface area contributed by atoms with Gasteiger partial charge in [0, 0.05) is 25.8 Å². The number of carbonyl (C=O) groups excluding carboxylic acids is 2. The topological polar surface area (TPSA) is 72.0 Å². The second-order valence-electron chi connectivity index (χ2n) is 8.63. The molecule has 2 fully saturated rings. The van der Waals surface area contributed by atoms with Gasteiger partial charge in [-0.1, -0.05) is 11.6 Å². The third-order valence-corrected chi connectivity index (χ3v) is 5.19. The van der Waals surface area contributed by atoms with Crippen molar-refractivity contribution in [3.8, 4) is 0 Å². The monoisotopic (exact) mass is 409 g/mol. The molecule has 2 amide bonds. The molecule has 0 saturated carbocycles. The zero-order valence-corrected chi connectivity index (χ0v) is 17.7. The van der Waals surface area contributed by atoms with E-state index in [2.05, 4.69) is 4.98 Å². The Morgan fingerprint density at radius 3 is 2.50 bits per heavy atom. The van der Waals surface area contributed by atoms with Crippen molar-refractivity contribution in [1.29, 1.82) is 0 Å². The van der Waals surface area contributed by atoms with Crippen molar-refractivity contribution in [2.24, 2.45) is 0 Å². The van der Waals surface area contributed by atoms with Crippen LogP contribution >= 0.6 is 11.6 Å². The molecular formula is C20H28ClN3O4. The predicted octanol–water partition coefficient (Wildman–Crippen LogP) is 3.37. The van der Waals surface area contributed by atoms with Crippen LogP contribution in [0.15, 0.2) is 18.3 Å². The van der Waals surface area contributed by atoms with Gasteiger partial charge in [0.25, 0.3) is 5.91 Å². The van der Waals surface area contributed by atoms with Gasteiger partial charge in [0.15, 0.2) is 0 Å². The Hall–Kier alpha value is -1.86. The fourth-order valence-corrected chi connectivity index (χ4v) is 3.85. The summed E-state index contributed by atoms with van der Waals surface area (Å²) in [6.45, 7) is 9.63. The van der Waals surface area contributed by atoms with Gasteiger partial charge in [-0.15, -0.1) is 0 Å². The Morgan fingerprint density at radius 1 is 1.25 bits per heavy atom. The van der Waals surface area contributed by atoms with Crippen LogP contribution in [0, 0.1) is 0 Å². The average Bonchev–Trinajstić information content (AvgIpc) is 2.60. The Kier molecular flexibility index (Phi) is 5.87. The van der Waals surface area contributed by atoms with Crippen LogP contribution in [0.25, 0.3) is 0 Å². The van der Waals surface area contributed by atoms with Gasteiger partial charge in [0.1, 0.15) is 11.3 Å². The van der Waals surface area contributed by atoms with Crippen molar-refractivity contribution >= 4 is 23.6 Å². The highest BCUT2D eigenvalue weighted by Gasteiger charge is 2.44. The Morgan fingerprint density at radius 2 is 1.93 bits per heavy atom. The molecule has 7 nitrogen and oxygen atoms in total. The molecule has 1 atom stereocenters. The maximum atomic E-state index is 12.9.